The summed E-state index contributed by atoms with van der Waals surface area (Å²) in [5.41, 5.74) is 1.23. The number of nitrogens with one attached hydrogen (secondary N) is 1. The highest BCUT2D eigenvalue weighted by molar-refractivity contribution is 6.30. The van der Waals surface area contributed by atoms with Gasteiger partial charge in [-0.2, -0.15) is 5.26 Å². The number of nitrogens with zero attached hydrogens (tertiary/aromatic N) is 1. The SMILES string of the molecule is COc1cccc(NC(C#N)c2ccc(Cl)c(F)c2)c1. The van der Waals surface area contributed by atoms with Crippen LogP contribution in [0.4, 0.5) is 10.1 Å². The molecule has 20 heavy (non-hydrogen) atoms. The summed E-state index contributed by atoms with van der Waals surface area (Å²) in [6, 6.07) is 12.9. The van der Waals surface area contributed by atoms with Gasteiger partial charge in [-0.25, -0.2) is 4.39 Å². The molecule has 0 aliphatic carbocycles. The summed E-state index contributed by atoms with van der Waals surface area (Å²) < 4.78 is 18.6. The summed E-state index contributed by atoms with van der Waals surface area (Å²) in [5.74, 6) is 0.130. The zero-order valence-electron chi connectivity index (χ0n) is 10.7. The van der Waals surface area contributed by atoms with Gasteiger partial charge in [0.15, 0.2) is 0 Å². The molecular formula is C15H12ClFN2O. The first kappa shape index (κ1) is 14.2. The van der Waals surface area contributed by atoms with Crippen LogP contribution in [0.3, 0.4) is 0 Å². The number of hydrogen-bond acceptors (Lipinski definition) is 3. The number of anilines is 1. The highest BCUT2D eigenvalue weighted by atomic mass is 35.5. The van der Waals surface area contributed by atoms with E-state index >= 15 is 0 Å². The van der Waals surface area contributed by atoms with Gasteiger partial charge >= 0.3 is 0 Å². The van der Waals surface area contributed by atoms with Crippen molar-refractivity contribution in [1.29, 1.82) is 5.26 Å². The monoisotopic (exact) mass is 290 g/mol. The third-order valence-electron chi connectivity index (χ3n) is 2.79. The molecule has 2 aromatic carbocycles. The predicted octanol–water partition coefficient (Wildman–Crippen LogP) is 4.16. The topological polar surface area (TPSA) is 45.0 Å². The van der Waals surface area contributed by atoms with Gasteiger partial charge in [-0.05, 0) is 29.8 Å². The van der Waals surface area contributed by atoms with Crippen LogP contribution in [0.1, 0.15) is 11.6 Å². The molecule has 0 saturated heterocycles. The quantitative estimate of drug-likeness (QED) is 0.919. The summed E-state index contributed by atoms with van der Waals surface area (Å²) in [7, 11) is 1.56. The van der Waals surface area contributed by atoms with Crippen LogP contribution in [-0.2, 0) is 0 Å². The number of rotatable bonds is 4. The molecule has 0 heterocycles. The van der Waals surface area contributed by atoms with Crippen LogP contribution in [-0.4, -0.2) is 7.11 Å². The van der Waals surface area contributed by atoms with Crippen molar-refractivity contribution in [3.05, 3.63) is 58.9 Å². The van der Waals surface area contributed by atoms with Gasteiger partial charge in [-0.1, -0.05) is 23.7 Å². The van der Waals surface area contributed by atoms with Crippen LogP contribution in [0.5, 0.6) is 5.75 Å². The Kier molecular flexibility index (Phi) is 4.44. The Morgan fingerprint density at radius 3 is 2.75 bits per heavy atom. The largest absolute Gasteiger partial charge is 0.497 e. The van der Waals surface area contributed by atoms with Crippen molar-refractivity contribution in [3.8, 4) is 11.8 Å². The van der Waals surface area contributed by atoms with Crippen molar-refractivity contribution in [3.63, 3.8) is 0 Å². The molecule has 0 bridgehead atoms. The maximum absolute atomic E-state index is 13.4. The maximum Gasteiger partial charge on any atom is 0.142 e. The molecule has 5 heteroatoms. The van der Waals surface area contributed by atoms with Crippen LogP contribution < -0.4 is 10.1 Å². The van der Waals surface area contributed by atoms with Crippen molar-refractivity contribution in [2.75, 3.05) is 12.4 Å². The van der Waals surface area contributed by atoms with Crippen molar-refractivity contribution in [2.24, 2.45) is 0 Å². The smallest absolute Gasteiger partial charge is 0.142 e. The van der Waals surface area contributed by atoms with Crippen LogP contribution in [0.2, 0.25) is 5.02 Å². The minimum Gasteiger partial charge on any atom is -0.497 e. The van der Waals surface area contributed by atoms with E-state index < -0.39 is 11.9 Å². The minimum absolute atomic E-state index is 0.0341. The zero-order chi connectivity index (χ0) is 14.5. The summed E-state index contributed by atoms with van der Waals surface area (Å²) >= 11 is 5.63. The van der Waals surface area contributed by atoms with Crippen LogP contribution in [0.15, 0.2) is 42.5 Å². The third kappa shape index (κ3) is 3.19. The second-order valence-corrected chi connectivity index (χ2v) is 4.52. The first-order valence-corrected chi connectivity index (χ1v) is 6.27. The summed E-state index contributed by atoms with van der Waals surface area (Å²) in [6.45, 7) is 0. The van der Waals surface area contributed by atoms with E-state index in [1.54, 1.807) is 37.4 Å². The highest BCUT2D eigenvalue weighted by Gasteiger charge is 2.12. The van der Waals surface area contributed by atoms with Gasteiger partial charge in [0.05, 0.1) is 18.2 Å². The molecule has 0 radical (unpaired) electrons. The number of benzene rings is 2. The lowest BCUT2D eigenvalue weighted by molar-refractivity contribution is 0.415. The Labute approximate surface area is 121 Å². The lowest BCUT2D eigenvalue weighted by Crippen LogP contribution is -2.08. The zero-order valence-corrected chi connectivity index (χ0v) is 11.5. The standard InChI is InChI=1S/C15H12ClFN2O/c1-20-12-4-2-3-11(8-12)19-15(9-18)10-5-6-13(16)14(17)7-10/h2-8,15,19H,1H3. The Morgan fingerprint density at radius 2 is 2.10 bits per heavy atom. The molecule has 0 aliphatic heterocycles. The Morgan fingerprint density at radius 1 is 1.30 bits per heavy atom. The molecule has 0 spiro atoms. The third-order valence-corrected chi connectivity index (χ3v) is 3.09. The molecule has 0 aliphatic rings. The number of halogens is 2. The van der Waals surface area contributed by atoms with E-state index in [0.29, 0.717) is 17.0 Å². The van der Waals surface area contributed by atoms with E-state index in [9.17, 15) is 9.65 Å². The van der Waals surface area contributed by atoms with Gasteiger partial charge in [-0.15, -0.1) is 0 Å². The van der Waals surface area contributed by atoms with Gasteiger partial charge in [0.25, 0.3) is 0 Å². The van der Waals surface area contributed by atoms with Gasteiger partial charge in [0.1, 0.15) is 17.6 Å². The molecule has 1 atom stereocenters. The average Bonchev–Trinajstić information content (AvgIpc) is 2.48. The Balaban J connectivity index is 2.24. The normalized spacial score (nSPS) is 11.5. The maximum atomic E-state index is 13.4. The van der Waals surface area contributed by atoms with E-state index in [1.807, 2.05) is 0 Å². The summed E-state index contributed by atoms with van der Waals surface area (Å²) in [5, 5.41) is 12.3. The van der Waals surface area contributed by atoms with Crippen molar-refractivity contribution in [2.45, 2.75) is 6.04 Å². The van der Waals surface area contributed by atoms with E-state index in [1.165, 1.54) is 12.1 Å². The second-order valence-electron chi connectivity index (χ2n) is 4.11. The van der Waals surface area contributed by atoms with E-state index in [-0.39, 0.29) is 5.02 Å². The van der Waals surface area contributed by atoms with E-state index in [4.69, 9.17) is 16.3 Å². The molecule has 0 amide bonds. The van der Waals surface area contributed by atoms with Crippen LogP contribution in [0.25, 0.3) is 0 Å². The number of methoxy groups -OCH3 is 1. The first-order chi connectivity index (χ1) is 9.63. The fraction of sp³-hybridized carbons (Fsp3) is 0.133. The molecule has 2 aromatic rings. The highest BCUT2D eigenvalue weighted by Crippen LogP contribution is 2.25. The van der Waals surface area contributed by atoms with E-state index in [0.717, 1.165) is 0 Å². The number of nitriles is 1. The molecular weight excluding hydrogens is 279 g/mol. The molecule has 1 unspecified atom stereocenters. The van der Waals surface area contributed by atoms with Crippen molar-refractivity contribution < 1.29 is 9.13 Å². The van der Waals surface area contributed by atoms with Gasteiger partial charge in [0.2, 0.25) is 0 Å². The van der Waals surface area contributed by atoms with Crippen molar-refractivity contribution >= 4 is 17.3 Å². The fourth-order valence-electron chi connectivity index (χ4n) is 1.76. The lowest BCUT2D eigenvalue weighted by atomic mass is 10.1. The molecule has 0 fully saturated rings. The number of ether oxygens (including phenoxy) is 1. The van der Waals surface area contributed by atoms with Crippen molar-refractivity contribution in [1.82, 2.24) is 0 Å². The Bertz CT molecular complexity index is 655. The molecule has 0 aromatic heterocycles. The van der Waals surface area contributed by atoms with Gasteiger partial charge in [-0.3, -0.25) is 0 Å². The molecule has 3 nitrogen and oxygen atoms in total. The van der Waals surface area contributed by atoms with Gasteiger partial charge in [0, 0.05) is 11.8 Å². The summed E-state index contributed by atoms with van der Waals surface area (Å²) in [4.78, 5) is 0. The molecule has 102 valence electrons. The molecule has 0 saturated carbocycles. The Hall–Kier alpha value is -2.25. The average molecular weight is 291 g/mol. The predicted molar refractivity (Wildman–Crippen MR) is 76.4 cm³/mol. The summed E-state index contributed by atoms with van der Waals surface area (Å²) in [6.07, 6.45) is 0. The number of hydrogen-bond donors (Lipinski definition) is 1. The van der Waals surface area contributed by atoms with Gasteiger partial charge < -0.3 is 10.1 Å². The fourth-order valence-corrected chi connectivity index (χ4v) is 1.88. The molecule has 1 N–H and O–H groups in total. The second kappa shape index (κ2) is 6.27. The lowest BCUT2D eigenvalue weighted by Gasteiger charge is -2.14. The van der Waals surface area contributed by atoms with Crippen LogP contribution >= 0.6 is 11.6 Å². The van der Waals surface area contributed by atoms with Crippen LogP contribution in [0, 0.1) is 17.1 Å². The first-order valence-electron chi connectivity index (χ1n) is 5.89. The van der Waals surface area contributed by atoms with E-state index in [2.05, 4.69) is 11.4 Å². The minimum atomic E-state index is -0.672. The molecule has 2 rings (SSSR count).